The monoisotopic (exact) mass is 533 g/mol. The van der Waals surface area contributed by atoms with Crippen LogP contribution in [-0.2, 0) is 22.4 Å². The third kappa shape index (κ3) is 5.06. The number of thioether (sulfide) groups is 1. The van der Waals surface area contributed by atoms with Crippen LogP contribution in [0, 0.1) is 5.92 Å². The summed E-state index contributed by atoms with van der Waals surface area (Å²) in [6, 6.07) is 16.1. The maximum atomic E-state index is 13.9. The van der Waals surface area contributed by atoms with Crippen molar-refractivity contribution in [1.82, 2.24) is 9.55 Å². The molecule has 2 heterocycles. The fourth-order valence-corrected chi connectivity index (χ4v) is 6.91. The van der Waals surface area contributed by atoms with E-state index in [0.717, 1.165) is 36.1 Å². The molecule has 0 spiro atoms. The van der Waals surface area contributed by atoms with Crippen LogP contribution >= 0.6 is 23.1 Å². The van der Waals surface area contributed by atoms with Crippen molar-refractivity contribution in [2.45, 2.75) is 37.8 Å². The van der Waals surface area contributed by atoms with E-state index in [1.165, 1.54) is 23.7 Å². The molecule has 1 atom stereocenters. The molecule has 37 heavy (non-hydrogen) atoms. The summed E-state index contributed by atoms with van der Waals surface area (Å²) >= 11 is 2.81. The van der Waals surface area contributed by atoms with E-state index in [4.69, 9.17) is 9.72 Å². The molecule has 2 aromatic heterocycles. The molecule has 0 saturated carbocycles. The van der Waals surface area contributed by atoms with Gasteiger partial charge in [-0.3, -0.25) is 14.2 Å². The van der Waals surface area contributed by atoms with Crippen LogP contribution in [0.4, 0.5) is 5.69 Å². The highest BCUT2D eigenvalue weighted by Gasteiger charge is 2.26. The van der Waals surface area contributed by atoms with E-state index in [9.17, 15) is 14.4 Å². The summed E-state index contributed by atoms with van der Waals surface area (Å²) in [5, 5.41) is 3.96. The van der Waals surface area contributed by atoms with Gasteiger partial charge in [0.25, 0.3) is 5.56 Å². The van der Waals surface area contributed by atoms with E-state index < -0.39 is 5.97 Å². The number of aryl methyl sites for hydroxylation is 1. The Bertz CT molecular complexity index is 1530. The van der Waals surface area contributed by atoms with Crippen molar-refractivity contribution >= 4 is 50.9 Å². The Labute approximate surface area is 222 Å². The van der Waals surface area contributed by atoms with E-state index in [0.29, 0.717) is 27.8 Å². The minimum atomic E-state index is -0.527. The maximum absolute atomic E-state index is 13.9. The van der Waals surface area contributed by atoms with Gasteiger partial charge in [-0.1, -0.05) is 55.4 Å². The van der Waals surface area contributed by atoms with Crippen LogP contribution < -0.4 is 10.9 Å². The Balaban J connectivity index is 1.48. The molecular weight excluding hydrogens is 506 g/mol. The standard InChI is InChI=1S/C28H27N3O4S2/c1-3-17-13-14-20-22(15-17)37-25-24(20)26(33)31(18-9-5-4-6-10-18)28(30-25)36-16-23(32)29-21-12-8-7-11-19(21)27(34)35-2/h4-12,17H,3,13-16H2,1-2H3,(H,29,32)/t17-/m0/s1. The summed E-state index contributed by atoms with van der Waals surface area (Å²) in [6.45, 7) is 2.22. The molecule has 0 saturated heterocycles. The number of anilines is 1. The number of ether oxygens (including phenoxy) is 1. The van der Waals surface area contributed by atoms with Crippen molar-refractivity contribution in [3.8, 4) is 5.69 Å². The lowest BCUT2D eigenvalue weighted by Crippen LogP contribution is -2.24. The predicted octanol–water partition coefficient (Wildman–Crippen LogP) is 5.48. The van der Waals surface area contributed by atoms with Crippen LogP contribution in [0.5, 0.6) is 0 Å². The van der Waals surface area contributed by atoms with Gasteiger partial charge in [-0.2, -0.15) is 0 Å². The van der Waals surface area contributed by atoms with Crippen LogP contribution in [0.25, 0.3) is 15.9 Å². The normalized spacial score (nSPS) is 14.8. The lowest BCUT2D eigenvalue weighted by Gasteiger charge is -2.20. The topological polar surface area (TPSA) is 90.3 Å². The number of nitrogens with zero attached hydrogens (tertiary/aromatic N) is 2. The van der Waals surface area contributed by atoms with Crippen molar-refractivity contribution in [1.29, 1.82) is 0 Å². The summed E-state index contributed by atoms with van der Waals surface area (Å²) in [5.41, 5.74) is 2.41. The molecular formula is C28H27N3O4S2. The largest absolute Gasteiger partial charge is 0.465 e. The molecule has 0 bridgehead atoms. The number of amides is 1. The number of esters is 1. The van der Waals surface area contributed by atoms with Gasteiger partial charge in [0, 0.05) is 4.88 Å². The smallest absolute Gasteiger partial charge is 0.339 e. The zero-order valence-electron chi connectivity index (χ0n) is 20.7. The van der Waals surface area contributed by atoms with Crippen molar-refractivity contribution in [3.05, 3.63) is 81.0 Å². The summed E-state index contributed by atoms with van der Waals surface area (Å²) in [7, 11) is 1.30. The Hall–Kier alpha value is -3.43. The number of para-hydroxylation sites is 2. The van der Waals surface area contributed by atoms with Crippen molar-refractivity contribution in [2.24, 2.45) is 5.92 Å². The van der Waals surface area contributed by atoms with E-state index in [1.807, 2.05) is 30.3 Å². The molecule has 1 aliphatic carbocycles. The lowest BCUT2D eigenvalue weighted by atomic mass is 9.86. The number of nitrogens with one attached hydrogen (secondary N) is 1. The van der Waals surface area contributed by atoms with Gasteiger partial charge in [-0.05, 0) is 55.0 Å². The second-order valence-corrected chi connectivity index (χ2v) is 11.0. The second-order valence-electron chi connectivity index (χ2n) is 8.95. The highest BCUT2D eigenvalue weighted by atomic mass is 32.2. The minimum Gasteiger partial charge on any atom is -0.465 e. The molecule has 0 unspecified atom stereocenters. The number of carbonyl (C=O) groups is 2. The van der Waals surface area contributed by atoms with Crippen molar-refractivity contribution < 1.29 is 14.3 Å². The number of hydrogen-bond donors (Lipinski definition) is 1. The summed E-state index contributed by atoms with van der Waals surface area (Å²) < 4.78 is 6.43. The van der Waals surface area contributed by atoms with Gasteiger partial charge in [-0.15, -0.1) is 11.3 Å². The van der Waals surface area contributed by atoms with E-state index >= 15 is 0 Å². The third-order valence-corrected chi connectivity index (χ3v) is 8.77. The van der Waals surface area contributed by atoms with E-state index in [1.54, 1.807) is 40.2 Å². The number of fused-ring (bicyclic) bond motifs is 3. The predicted molar refractivity (Wildman–Crippen MR) is 148 cm³/mol. The maximum Gasteiger partial charge on any atom is 0.339 e. The summed E-state index contributed by atoms with van der Waals surface area (Å²) in [4.78, 5) is 45.7. The lowest BCUT2D eigenvalue weighted by molar-refractivity contribution is -0.113. The molecule has 1 aliphatic rings. The zero-order valence-corrected chi connectivity index (χ0v) is 22.3. The molecule has 9 heteroatoms. The van der Waals surface area contributed by atoms with E-state index in [2.05, 4.69) is 12.2 Å². The molecule has 1 amide bonds. The molecule has 5 rings (SSSR count). The van der Waals surface area contributed by atoms with Gasteiger partial charge in [0.2, 0.25) is 5.91 Å². The first-order valence-electron chi connectivity index (χ1n) is 12.2. The quantitative estimate of drug-likeness (QED) is 0.192. The van der Waals surface area contributed by atoms with Gasteiger partial charge in [0.1, 0.15) is 4.83 Å². The number of carbonyl (C=O) groups excluding carboxylic acids is 2. The second kappa shape index (κ2) is 10.9. The number of aromatic nitrogens is 2. The zero-order chi connectivity index (χ0) is 25.9. The number of rotatable bonds is 7. The SMILES string of the molecule is CC[C@H]1CCc2c(sc3nc(SCC(=O)Nc4ccccc4C(=O)OC)n(-c4ccccc4)c(=O)c23)C1. The van der Waals surface area contributed by atoms with Crippen molar-refractivity contribution in [3.63, 3.8) is 0 Å². The van der Waals surface area contributed by atoms with E-state index in [-0.39, 0.29) is 22.8 Å². The minimum absolute atomic E-state index is 0.0171. The van der Waals surface area contributed by atoms with Gasteiger partial charge in [0.15, 0.2) is 5.16 Å². The fraction of sp³-hybridized carbons (Fsp3) is 0.286. The summed E-state index contributed by atoms with van der Waals surface area (Å²) in [5.74, 6) is -0.182. The van der Waals surface area contributed by atoms with Crippen LogP contribution in [0.3, 0.4) is 0 Å². The third-order valence-electron chi connectivity index (χ3n) is 6.68. The Morgan fingerprint density at radius 1 is 1.16 bits per heavy atom. The summed E-state index contributed by atoms with van der Waals surface area (Å²) in [6.07, 6.45) is 4.10. The average Bonchev–Trinajstić information content (AvgIpc) is 3.30. The number of benzene rings is 2. The Kier molecular flexibility index (Phi) is 7.43. The van der Waals surface area contributed by atoms with Gasteiger partial charge >= 0.3 is 5.97 Å². The van der Waals surface area contributed by atoms with Crippen LogP contribution in [0.15, 0.2) is 64.5 Å². The fourth-order valence-electron chi connectivity index (χ4n) is 4.72. The van der Waals surface area contributed by atoms with Gasteiger partial charge in [0.05, 0.1) is 35.2 Å². The Morgan fingerprint density at radius 3 is 2.68 bits per heavy atom. The highest BCUT2D eigenvalue weighted by Crippen LogP contribution is 2.38. The van der Waals surface area contributed by atoms with Gasteiger partial charge in [-0.25, -0.2) is 9.78 Å². The highest BCUT2D eigenvalue weighted by molar-refractivity contribution is 7.99. The molecule has 7 nitrogen and oxygen atoms in total. The number of thiophene rings is 1. The number of hydrogen-bond acceptors (Lipinski definition) is 7. The molecule has 1 N–H and O–H groups in total. The molecule has 0 fully saturated rings. The first-order chi connectivity index (χ1) is 18.0. The first-order valence-corrected chi connectivity index (χ1v) is 14.0. The molecule has 4 aromatic rings. The molecule has 2 aromatic carbocycles. The van der Waals surface area contributed by atoms with Gasteiger partial charge < -0.3 is 10.1 Å². The van der Waals surface area contributed by atoms with Crippen LogP contribution in [0.2, 0.25) is 0 Å². The molecule has 0 aliphatic heterocycles. The molecule has 190 valence electrons. The van der Waals surface area contributed by atoms with Crippen LogP contribution in [0.1, 0.15) is 40.6 Å². The Morgan fingerprint density at radius 2 is 1.92 bits per heavy atom. The van der Waals surface area contributed by atoms with Crippen molar-refractivity contribution in [2.75, 3.05) is 18.2 Å². The number of methoxy groups -OCH3 is 1. The molecule has 0 radical (unpaired) electrons. The first kappa shape index (κ1) is 25.2. The average molecular weight is 534 g/mol. The van der Waals surface area contributed by atoms with Crippen LogP contribution in [-0.4, -0.2) is 34.3 Å².